The van der Waals surface area contributed by atoms with Crippen LogP contribution in [0.3, 0.4) is 0 Å². The van der Waals surface area contributed by atoms with E-state index in [1.165, 1.54) is 16.7 Å². The van der Waals surface area contributed by atoms with Gasteiger partial charge in [0.2, 0.25) is 0 Å². The van der Waals surface area contributed by atoms with Gasteiger partial charge in [-0.1, -0.05) is 19.1 Å². The van der Waals surface area contributed by atoms with E-state index in [0.717, 1.165) is 0 Å². The van der Waals surface area contributed by atoms with Gasteiger partial charge in [0.05, 0.1) is 0 Å². The zero-order chi connectivity index (χ0) is 6.31. The van der Waals surface area contributed by atoms with Gasteiger partial charge in [-0.2, -0.15) is 0 Å². The van der Waals surface area contributed by atoms with Crippen LogP contribution >= 0.6 is 0 Å². The maximum Gasteiger partial charge on any atom is 0.00196 e. The lowest BCUT2D eigenvalue weighted by atomic mass is 9.76. The number of hydrogen-bond acceptors (Lipinski definition) is 0. The van der Waals surface area contributed by atoms with Crippen molar-refractivity contribution in [2.45, 2.75) is 20.8 Å². The molecule has 1 aliphatic carbocycles. The minimum atomic E-state index is 0.662. The van der Waals surface area contributed by atoms with Gasteiger partial charge in [-0.05, 0) is 25.0 Å². The summed E-state index contributed by atoms with van der Waals surface area (Å²) in [6.45, 7) is 10.4. The van der Waals surface area contributed by atoms with Gasteiger partial charge in [0, 0.05) is 5.92 Å². The zero-order valence-corrected chi connectivity index (χ0v) is 5.78. The Balaban J connectivity index is 2.90. The highest BCUT2D eigenvalue weighted by molar-refractivity contribution is 5.47. The molecule has 0 aliphatic heterocycles. The molecule has 0 nitrogen and oxygen atoms in total. The van der Waals surface area contributed by atoms with Crippen molar-refractivity contribution in [1.29, 1.82) is 0 Å². The molecule has 1 atom stereocenters. The molecule has 44 valence electrons. The first kappa shape index (κ1) is 5.61. The van der Waals surface area contributed by atoms with Gasteiger partial charge in [-0.25, -0.2) is 0 Å². The highest BCUT2D eigenvalue weighted by Gasteiger charge is 2.21. The Bertz CT molecular complexity index is 161. The Hall–Kier alpha value is -0.520. The standard InChI is InChI=1S/C8H12/c1-5-6(2)8(4)7(5)3/h6H,1H2,2-4H3/t6-/m0/s1. The quantitative estimate of drug-likeness (QED) is 0.447. The van der Waals surface area contributed by atoms with Crippen LogP contribution in [0.1, 0.15) is 20.8 Å². The second kappa shape index (κ2) is 1.48. The summed E-state index contributed by atoms with van der Waals surface area (Å²) in [4.78, 5) is 0. The van der Waals surface area contributed by atoms with Crippen LogP contribution in [0, 0.1) is 5.92 Å². The molecule has 0 heteroatoms. The van der Waals surface area contributed by atoms with Crippen molar-refractivity contribution in [3.63, 3.8) is 0 Å². The molecule has 0 aromatic rings. The topological polar surface area (TPSA) is 0 Å². The van der Waals surface area contributed by atoms with Crippen molar-refractivity contribution in [3.05, 3.63) is 23.3 Å². The first-order valence-electron chi connectivity index (χ1n) is 3.01. The Morgan fingerprint density at radius 1 is 1.38 bits per heavy atom. The normalized spacial score (nSPS) is 28.4. The van der Waals surface area contributed by atoms with E-state index in [0.29, 0.717) is 5.92 Å². The predicted octanol–water partition coefficient (Wildman–Crippen LogP) is 2.53. The Morgan fingerprint density at radius 3 is 2.00 bits per heavy atom. The molecule has 1 rings (SSSR count). The minimum Gasteiger partial charge on any atom is -0.0950 e. The second-order valence-electron chi connectivity index (χ2n) is 2.55. The van der Waals surface area contributed by atoms with E-state index in [1.807, 2.05) is 0 Å². The Labute approximate surface area is 50.9 Å². The number of allylic oxidation sites excluding steroid dienone is 3. The summed E-state index contributed by atoms with van der Waals surface area (Å²) in [7, 11) is 0. The van der Waals surface area contributed by atoms with E-state index in [2.05, 4.69) is 27.4 Å². The van der Waals surface area contributed by atoms with Crippen LogP contribution in [0.15, 0.2) is 23.3 Å². The molecular formula is C8H12. The molecule has 0 fully saturated rings. The molecule has 0 unspecified atom stereocenters. The SMILES string of the molecule is C=C1C(C)=C(C)[C@H]1C. The van der Waals surface area contributed by atoms with Gasteiger partial charge in [0.1, 0.15) is 0 Å². The van der Waals surface area contributed by atoms with Crippen LogP contribution < -0.4 is 0 Å². The lowest BCUT2D eigenvalue weighted by Crippen LogP contribution is -2.14. The highest BCUT2D eigenvalue weighted by atomic mass is 14.3. The zero-order valence-electron chi connectivity index (χ0n) is 5.78. The molecule has 0 heterocycles. The summed E-state index contributed by atoms with van der Waals surface area (Å²) >= 11 is 0. The lowest BCUT2D eigenvalue weighted by Gasteiger charge is -2.29. The molecule has 0 bridgehead atoms. The summed E-state index contributed by atoms with van der Waals surface area (Å²) in [6, 6.07) is 0. The molecule has 8 heavy (non-hydrogen) atoms. The van der Waals surface area contributed by atoms with E-state index in [-0.39, 0.29) is 0 Å². The second-order valence-corrected chi connectivity index (χ2v) is 2.55. The molecule has 0 amide bonds. The molecule has 0 aromatic carbocycles. The van der Waals surface area contributed by atoms with Crippen molar-refractivity contribution >= 4 is 0 Å². The molecule has 0 spiro atoms. The van der Waals surface area contributed by atoms with Crippen molar-refractivity contribution in [2.24, 2.45) is 5.92 Å². The fraction of sp³-hybridized carbons (Fsp3) is 0.500. The van der Waals surface area contributed by atoms with Crippen molar-refractivity contribution < 1.29 is 0 Å². The lowest BCUT2D eigenvalue weighted by molar-refractivity contribution is 0.730. The minimum absolute atomic E-state index is 0.662. The van der Waals surface area contributed by atoms with Crippen LogP contribution in [0.5, 0.6) is 0 Å². The fourth-order valence-electron chi connectivity index (χ4n) is 1.09. The molecule has 0 N–H and O–H groups in total. The average Bonchev–Trinajstić information content (AvgIpc) is 1.83. The van der Waals surface area contributed by atoms with Gasteiger partial charge in [-0.3, -0.25) is 0 Å². The van der Waals surface area contributed by atoms with E-state index in [4.69, 9.17) is 0 Å². The molecule has 1 aliphatic rings. The summed E-state index contributed by atoms with van der Waals surface area (Å²) in [5, 5.41) is 0. The first-order valence-corrected chi connectivity index (χ1v) is 3.01. The van der Waals surface area contributed by atoms with E-state index < -0.39 is 0 Å². The van der Waals surface area contributed by atoms with Gasteiger partial charge in [-0.15, -0.1) is 0 Å². The number of hydrogen-bond donors (Lipinski definition) is 0. The van der Waals surface area contributed by atoms with Gasteiger partial charge in [0.25, 0.3) is 0 Å². The Morgan fingerprint density at radius 2 is 1.88 bits per heavy atom. The smallest absolute Gasteiger partial charge is 0.00196 e. The summed E-state index contributed by atoms with van der Waals surface area (Å²) in [5.41, 5.74) is 4.25. The first-order chi connectivity index (χ1) is 3.64. The van der Waals surface area contributed by atoms with Crippen molar-refractivity contribution in [1.82, 2.24) is 0 Å². The largest absolute Gasteiger partial charge is 0.0950 e. The molecule has 0 saturated carbocycles. The average molecular weight is 108 g/mol. The number of rotatable bonds is 0. The maximum atomic E-state index is 3.92. The fourth-order valence-corrected chi connectivity index (χ4v) is 1.09. The van der Waals surface area contributed by atoms with Crippen LogP contribution in [0.25, 0.3) is 0 Å². The third-order valence-electron chi connectivity index (χ3n) is 2.25. The predicted molar refractivity (Wildman–Crippen MR) is 36.7 cm³/mol. The molecule has 0 radical (unpaired) electrons. The summed E-state index contributed by atoms with van der Waals surface area (Å²) in [6.07, 6.45) is 0. The van der Waals surface area contributed by atoms with Crippen molar-refractivity contribution in [2.75, 3.05) is 0 Å². The van der Waals surface area contributed by atoms with E-state index in [1.54, 1.807) is 0 Å². The molecular weight excluding hydrogens is 96.1 g/mol. The summed E-state index contributed by atoms with van der Waals surface area (Å²) in [5.74, 6) is 0.662. The Kier molecular flexibility index (Phi) is 1.04. The van der Waals surface area contributed by atoms with Gasteiger partial charge in [0.15, 0.2) is 0 Å². The van der Waals surface area contributed by atoms with Crippen LogP contribution in [0.2, 0.25) is 0 Å². The summed E-state index contributed by atoms with van der Waals surface area (Å²) < 4.78 is 0. The van der Waals surface area contributed by atoms with Crippen LogP contribution in [-0.4, -0.2) is 0 Å². The van der Waals surface area contributed by atoms with Crippen LogP contribution in [-0.2, 0) is 0 Å². The third-order valence-corrected chi connectivity index (χ3v) is 2.25. The maximum absolute atomic E-state index is 3.92. The van der Waals surface area contributed by atoms with Gasteiger partial charge >= 0.3 is 0 Å². The van der Waals surface area contributed by atoms with E-state index in [9.17, 15) is 0 Å². The highest BCUT2D eigenvalue weighted by Crippen LogP contribution is 2.37. The van der Waals surface area contributed by atoms with Gasteiger partial charge < -0.3 is 0 Å². The van der Waals surface area contributed by atoms with Crippen LogP contribution in [0.4, 0.5) is 0 Å². The third kappa shape index (κ3) is 0.459. The van der Waals surface area contributed by atoms with E-state index >= 15 is 0 Å². The molecule has 0 saturated heterocycles. The molecule has 0 aromatic heterocycles. The monoisotopic (exact) mass is 108 g/mol. The van der Waals surface area contributed by atoms with Crippen molar-refractivity contribution in [3.8, 4) is 0 Å².